The van der Waals surface area contributed by atoms with Crippen molar-refractivity contribution in [3.63, 3.8) is 0 Å². The highest BCUT2D eigenvalue weighted by Gasteiger charge is 2.09. The molecule has 0 spiro atoms. The molecule has 112 valence electrons. The summed E-state index contributed by atoms with van der Waals surface area (Å²) in [6, 6.07) is 11.5. The van der Waals surface area contributed by atoms with E-state index in [9.17, 15) is 4.39 Å². The standard InChI is InChI=1S/C16H13ClFN3O/c1-10-2-5-12(17)8-14(10)19-9-15-20-21-16(22-15)11-3-6-13(18)7-4-11/h2-8,19H,9H2,1H3. The van der Waals surface area contributed by atoms with Crippen molar-refractivity contribution >= 4 is 17.3 Å². The van der Waals surface area contributed by atoms with Crippen molar-refractivity contribution in [1.29, 1.82) is 0 Å². The number of benzene rings is 2. The highest BCUT2D eigenvalue weighted by atomic mass is 35.5. The van der Waals surface area contributed by atoms with E-state index in [1.807, 2.05) is 25.1 Å². The van der Waals surface area contributed by atoms with Crippen LogP contribution in [-0.4, -0.2) is 10.2 Å². The molecule has 0 amide bonds. The number of halogens is 2. The predicted octanol–water partition coefficient (Wildman–Crippen LogP) is 4.45. The number of nitrogens with one attached hydrogen (secondary N) is 1. The maximum Gasteiger partial charge on any atom is 0.247 e. The fourth-order valence-electron chi connectivity index (χ4n) is 1.99. The molecule has 2 aromatic carbocycles. The van der Waals surface area contributed by atoms with Crippen LogP contribution in [-0.2, 0) is 6.54 Å². The first-order chi connectivity index (χ1) is 10.6. The molecule has 0 bridgehead atoms. The monoisotopic (exact) mass is 317 g/mol. The topological polar surface area (TPSA) is 51.0 Å². The second-order valence-electron chi connectivity index (χ2n) is 4.82. The zero-order chi connectivity index (χ0) is 15.5. The third-order valence-corrected chi connectivity index (χ3v) is 3.42. The number of hydrogen-bond donors (Lipinski definition) is 1. The van der Waals surface area contributed by atoms with Gasteiger partial charge in [-0.1, -0.05) is 17.7 Å². The van der Waals surface area contributed by atoms with Crippen molar-refractivity contribution in [3.05, 3.63) is 64.8 Å². The van der Waals surface area contributed by atoms with Gasteiger partial charge in [0.05, 0.1) is 6.54 Å². The van der Waals surface area contributed by atoms with Crippen LogP contribution in [0, 0.1) is 12.7 Å². The molecule has 0 fully saturated rings. The first-order valence-electron chi connectivity index (χ1n) is 6.70. The first kappa shape index (κ1) is 14.5. The minimum absolute atomic E-state index is 0.304. The summed E-state index contributed by atoms with van der Waals surface area (Å²) in [5.74, 6) is 0.500. The van der Waals surface area contributed by atoms with Gasteiger partial charge in [0, 0.05) is 16.3 Å². The molecule has 0 unspecified atom stereocenters. The van der Waals surface area contributed by atoms with Crippen LogP contribution in [0.25, 0.3) is 11.5 Å². The molecule has 0 atom stereocenters. The lowest BCUT2D eigenvalue weighted by Crippen LogP contribution is -2.01. The molecule has 0 saturated heterocycles. The highest BCUT2D eigenvalue weighted by Crippen LogP contribution is 2.22. The highest BCUT2D eigenvalue weighted by molar-refractivity contribution is 6.30. The van der Waals surface area contributed by atoms with Gasteiger partial charge in [-0.15, -0.1) is 10.2 Å². The van der Waals surface area contributed by atoms with Gasteiger partial charge < -0.3 is 9.73 Å². The lowest BCUT2D eigenvalue weighted by molar-refractivity contribution is 0.515. The van der Waals surface area contributed by atoms with E-state index in [1.54, 1.807) is 12.1 Å². The minimum Gasteiger partial charge on any atom is -0.419 e. The van der Waals surface area contributed by atoms with E-state index in [4.69, 9.17) is 16.0 Å². The van der Waals surface area contributed by atoms with E-state index in [1.165, 1.54) is 12.1 Å². The van der Waals surface area contributed by atoms with Gasteiger partial charge in [-0.25, -0.2) is 4.39 Å². The van der Waals surface area contributed by atoms with Crippen LogP contribution in [0.3, 0.4) is 0 Å². The number of rotatable bonds is 4. The Balaban J connectivity index is 1.72. The van der Waals surface area contributed by atoms with Gasteiger partial charge in [0.2, 0.25) is 11.8 Å². The Labute approximate surface area is 131 Å². The molecule has 0 radical (unpaired) electrons. The Morgan fingerprint density at radius 3 is 2.68 bits per heavy atom. The van der Waals surface area contributed by atoms with E-state index in [-0.39, 0.29) is 5.82 Å². The van der Waals surface area contributed by atoms with Gasteiger partial charge in [0.25, 0.3) is 0 Å². The summed E-state index contributed by atoms with van der Waals surface area (Å²) in [5.41, 5.74) is 2.66. The van der Waals surface area contributed by atoms with E-state index in [0.717, 1.165) is 11.3 Å². The molecule has 1 aromatic heterocycles. The largest absolute Gasteiger partial charge is 0.419 e. The molecule has 22 heavy (non-hydrogen) atoms. The normalized spacial score (nSPS) is 10.7. The molecule has 3 aromatic rings. The molecular formula is C16H13ClFN3O. The maximum atomic E-state index is 12.9. The number of hydrogen-bond acceptors (Lipinski definition) is 4. The Morgan fingerprint density at radius 1 is 1.14 bits per heavy atom. The van der Waals surface area contributed by atoms with E-state index in [0.29, 0.717) is 28.9 Å². The number of nitrogens with zero attached hydrogens (tertiary/aromatic N) is 2. The Kier molecular flexibility index (Phi) is 4.06. The molecule has 4 nitrogen and oxygen atoms in total. The lowest BCUT2D eigenvalue weighted by Gasteiger charge is -2.07. The van der Waals surface area contributed by atoms with Crippen molar-refractivity contribution in [1.82, 2.24) is 10.2 Å². The Hall–Kier alpha value is -2.40. The summed E-state index contributed by atoms with van der Waals surface area (Å²) in [4.78, 5) is 0. The SMILES string of the molecule is Cc1ccc(Cl)cc1NCc1nnc(-c2ccc(F)cc2)o1. The first-order valence-corrected chi connectivity index (χ1v) is 7.08. The van der Waals surface area contributed by atoms with Crippen LogP contribution < -0.4 is 5.32 Å². The number of aromatic nitrogens is 2. The summed E-state index contributed by atoms with van der Waals surface area (Å²) in [7, 11) is 0. The summed E-state index contributed by atoms with van der Waals surface area (Å²) < 4.78 is 18.5. The van der Waals surface area contributed by atoms with Crippen LogP contribution in [0.1, 0.15) is 11.5 Å². The van der Waals surface area contributed by atoms with Crippen LogP contribution in [0.2, 0.25) is 5.02 Å². The van der Waals surface area contributed by atoms with Crippen LogP contribution >= 0.6 is 11.6 Å². The molecule has 0 aliphatic carbocycles. The zero-order valence-corrected chi connectivity index (χ0v) is 12.6. The molecule has 0 saturated carbocycles. The summed E-state index contributed by atoms with van der Waals surface area (Å²) in [5, 5.41) is 11.8. The second-order valence-corrected chi connectivity index (χ2v) is 5.26. The molecular weight excluding hydrogens is 305 g/mol. The lowest BCUT2D eigenvalue weighted by atomic mass is 10.2. The van der Waals surface area contributed by atoms with E-state index in [2.05, 4.69) is 15.5 Å². The van der Waals surface area contributed by atoms with Gasteiger partial charge in [-0.2, -0.15) is 0 Å². The van der Waals surface area contributed by atoms with Crippen molar-refractivity contribution in [2.24, 2.45) is 0 Å². The fourth-order valence-corrected chi connectivity index (χ4v) is 2.16. The van der Waals surface area contributed by atoms with Gasteiger partial charge in [0.1, 0.15) is 5.82 Å². The minimum atomic E-state index is -0.304. The third-order valence-electron chi connectivity index (χ3n) is 3.19. The molecule has 0 aliphatic rings. The Bertz CT molecular complexity index is 786. The van der Waals surface area contributed by atoms with Gasteiger partial charge in [-0.05, 0) is 48.9 Å². The van der Waals surface area contributed by atoms with Crippen molar-refractivity contribution in [3.8, 4) is 11.5 Å². The average molecular weight is 318 g/mol. The van der Waals surface area contributed by atoms with Gasteiger partial charge in [0.15, 0.2) is 0 Å². The quantitative estimate of drug-likeness (QED) is 0.772. The van der Waals surface area contributed by atoms with E-state index < -0.39 is 0 Å². The number of aryl methyl sites for hydroxylation is 1. The van der Waals surface area contributed by atoms with Crippen molar-refractivity contribution in [2.75, 3.05) is 5.32 Å². The predicted molar refractivity (Wildman–Crippen MR) is 83.2 cm³/mol. The summed E-state index contributed by atoms with van der Waals surface area (Å²) in [6.45, 7) is 2.37. The summed E-state index contributed by atoms with van der Waals surface area (Å²) in [6.07, 6.45) is 0. The fraction of sp³-hybridized carbons (Fsp3) is 0.125. The van der Waals surface area contributed by atoms with Crippen molar-refractivity contribution < 1.29 is 8.81 Å². The summed E-state index contributed by atoms with van der Waals surface area (Å²) >= 11 is 5.97. The molecule has 0 aliphatic heterocycles. The molecule has 1 N–H and O–H groups in total. The Morgan fingerprint density at radius 2 is 1.91 bits per heavy atom. The van der Waals surface area contributed by atoms with Gasteiger partial charge in [-0.3, -0.25) is 0 Å². The molecule has 1 heterocycles. The second kappa shape index (κ2) is 6.15. The average Bonchev–Trinajstić information content (AvgIpc) is 2.98. The van der Waals surface area contributed by atoms with Gasteiger partial charge >= 0.3 is 0 Å². The van der Waals surface area contributed by atoms with E-state index >= 15 is 0 Å². The van der Waals surface area contributed by atoms with Crippen LogP contribution in [0.4, 0.5) is 10.1 Å². The third kappa shape index (κ3) is 3.26. The molecule has 3 rings (SSSR count). The van der Waals surface area contributed by atoms with Crippen LogP contribution in [0.15, 0.2) is 46.9 Å². The maximum absolute atomic E-state index is 12.9. The van der Waals surface area contributed by atoms with Crippen molar-refractivity contribution in [2.45, 2.75) is 13.5 Å². The zero-order valence-electron chi connectivity index (χ0n) is 11.8. The molecule has 6 heteroatoms. The smallest absolute Gasteiger partial charge is 0.247 e. The number of anilines is 1. The van der Waals surface area contributed by atoms with Crippen LogP contribution in [0.5, 0.6) is 0 Å².